The van der Waals surface area contributed by atoms with Gasteiger partial charge in [-0.2, -0.15) is 0 Å². The number of carbonyl (C=O) groups is 2. The van der Waals surface area contributed by atoms with E-state index in [1.165, 1.54) is 17.6 Å². The topological polar surface area (TPSA) is 65.1 Å². The van der Waals surface area contributed by atoms with Crippen molar-refractivity contribution < 1.29 is 23.8 Å². The van der Waals surface area contributed by atoms with Gasteiger partial charge in [0.05, 0.1) is 23.6 Å². The number of methoxy groups -OCH3 is 1. The molecule has 0 saturated carbocycles. The predicted octanol–water partition coefficient (Wildman–Crippen LogP) is 6.66. The maximum absolute atomic E-state index is 12.9. The van der Waals surface area contributed by atoms with Crippen LogP contribution in [-0.4, -0.2) is 36.3 Å². The molecule has 3 aromatic carbocycles. The SMILES string of the molecule is COc1cc(/C=C2\SC(=O)N(CCOc3ccc(C)cc3)C2=O)cc(Cl)c1OCc1ccc(C)cc1. The molecule has 0 radical (unpaired) electrons. The molecule has 1 aliphatic rings. The number of halogens is 1. The molecule has 4 rings (SSSR count). The third kappa shape index (κ3) is 6.22. The Labute approximate surface area is 219 Å². The van der Waals surface area contributed by atoms with Gasteiger partial charge >= 0.3 is 0 Å². The minimum Gasteiger partial charge on any atom is -0.493 e. The van der Waals surface area contributed by atoms with Gasteiger partial charge in [0.2, 0.25) is 0 Å². The van der Waals surface area contributed by atoms with Crippen LogP contribution in [0.3, 0.4) is 0 Å². The van der Waals surface area contributed by atoms with E-state index in [0.717, 1.165) is 22.9 Å². The number of thioether (sulfide) groups is 1. The summed E-state index contributed by atoms with van der Waals surface area (Å²) in [6, 6.07) is 19.0. The highest BCUT2D eigenvalue weighted by Crippen LogP contribution is 2.39. The minimum atomic E-state index is -0.368. The van der Waals surface area contributed by atoms with Crippen LogP contribution >= 0.6 is 23.4 Å². The third-order valence-corrected chi connectivity index (χ3v) is 6.72. The monoisotopic (exact) mass is 523 g/mol. The fourth-order valence-electron chi connectivity index (χ4n) is 3.54. The van der Waals surface area contributed by atoms with Crippen LogP contribution in [0.25, 0.3) is 6.08 Å². The van der Waals surface area contributed by atoms with E-state index >= 15 is 0 Å². The Kier molecular flexibility index (Phi) is 8.23. The Morgan fingerprint density at radius 2 is 1.61 bits per heavy atom. The molecule has 36 heavy (non-hydrogen) atoms. The van der Waals surface area contributed by atoms with Crippen molar-refractivity contribution in [2.24, 2.45) is 0 Å². The molecule has 8 heteroatoms. The van der Waals surface area contributed by atoms with Gasteiger partial charge in [-0.1, -0.05) is 59.1 Å². The van der Waals surface area contributed by atoms with E-state index in [4.69, 9.17) is 25.8 Å². The number of imide groups is 1. The molecule has 3 aromatic rings. The van der Waals surface area contributed by atoms with Crippen molar-refractivity contribution in [3.63, 3.8) is 0 Å². The minimum absolute atomic E-state index is 0.158. The van der Waals surface area contributed by atoms with E-state index in [9.17, 15) is 9.59 Å². The standard InChI is InChI=1S/C28H26ClNO5S/c1-18-4-8-20(9-5-18)17-35-26-23(29)14-21(15-24(26)33-3)16-25-27(31)30(28(32)36-25)12-13-34-22-10-6-19(2)7-11-22/h4-11,14-16H,12-13,17H2,1-3H3/b25-16-. The number of hydrogen-bond acceptors (Lipinski definition) is 6. The zero-order chi connectivity index (χ0) is 25.7. The van der Waals surface area contributed by atoms with Crippen molar-refractivity contribution in [3.05, 3.63) is 92.8 Å². The van der Waals surface area contributed by atoms with Crippen molar-refractivity contribution in [2.45, 2.75) is 20.5 Å². The highest BCUT2D eigenvalue weighted by Gasteiger charge is 2.35. The van der Waals surface area contributed by atoms with Gasteiger partial charge in [0.25, 0.3) is 11.1 Å². The van der Waals surface area contributed by atoms with Crippen molar-refractivity contribution in [1.29, 1.82) is 0 Å². The lowest BCUT2D eigenvalue weighted by atomic mass is 10.1. The first-order valence-electron chi connectivity index (χ1n) is 11.3. The van der Waals surface area contributed by atoms with E-state index < -0.39 is 0 Å². The average molecular weight is 524 g/mol. The maximum Gasteiger partial charge on any atom is 0.293 e. The van der Waals surface area contributed by atoms with Crippen LogP contribution < -0.4 is 14.2 Å². The molecule has 186 valence electrons. The number of benzene rings is 3. The Bertz CT molecular complexity index is 1290. The van der Waals surface area contributed by atoms with Crippen LogP contribution in [-0.2, 0) is 11.4 Å². The summed E-state index contributed by atoms with van der Waals surface area (Å²) in [5.41, 5.74) is 3.92. The summed E-state index contributed by atoms with van der Waals surface area (Å²) in [5.74, 6) is 1.17. The molecule has 1 aliphatic heterocycles. The van der Waals surface area contributed by atoms with Crippen LogP contribution in [0.4, 0.5) is 4.79 Å². The number of ether oxygens (including phenoxy) is 3. The Morgan fingerprint density at radius 3 is 2.28 bits per heavy atom. The Morgan fingerprint density at radius 1 is 0.944 bits per heavy atom. The smallest absolute Gasteiger partial charge is 0.293 e. The molecule has 1 heterocycles. The summed E-state index contributed by atoms with van der Waals surface area (Å²) in [4.78, 5) is 26.8. The van der Waals surface area contributed by atoms with E-state index in [0.29, 0.717) is 39.3 Å². The first-order chi connectivity index (χ1) is 17.3. The van der Waals surface area contributed by atoms with Gasteiger partial charge < -0.3 is 14.2 Å². The summed E-state index contributed by atoms with van der Waals surface area (Å²) in [6.45, 7) is 4.72. The zero-order valence-electron chi connectivity index (χ0n) is 20.2. The molecule has 0 bridgehead atoms. The molecule has 0 unspecified atom stereocenters. The fourth-order valence-corrected chi connectivity index (χ4v) is 4.68. The van der Waals surface area contributed by atoms with Crippen molar-refractivity contribution in [1.82, 2.24) is 4.90 Å². The molecule has 1 fully saturated rings. The van der Waals surface area contributed by atoms with Crippen LogP contribution in [0.5, 0.6) is 17.2 Å². The average Bonchev–Trinajstić information content (AvgIpc) is 3.12. The highest BCUT2D eigenvalue weighted by atomic mass is 35.5. The molecule has 2 amide bonds. The summed E-state index contributed by atoms with van der Waals surface area (Å²) in [7, 11) is 1.52. The Hall–Kier alpha value is -3.42. The van der Waals surface area contributed by atoms with Gasteiger partial charge in [-0.25, -0.2) is 0 Å². The second kappa shape index (κ2) is 11.5. The number of hydrogen-bond donors (Lipinski definition) is 0. The Balaban J connectivity index is 1.43. The van der Waals surface area contributed by atoms with Gasteiger partial charge in [-0.05, 0) is 67.1 Å². The quantitative estimate of drug-likeness (QED) is 0.292. The molecule has 1 saturated heterocycles. The molecule has 0 atom stereocenters. The number of amides is 2. The molecule has 0 spiro atoms. The third-order valence-electron chi connectivity index (χ3n) is 5.53. The molecular formula is C28H26ClNO5S. The van der Waals surface area contributed by atoms with Crippen LogP contribution in [0, 0.1) is 13.8 Å². The van der Waals surface area contributed by atoms with Gasteiger partial charge in [0.1, 0.15) is 19.0 Å². The lowest BCUT2D eigenvalue weighted by molar-refractivity contribution is -0.123. The summed E-state index contributed by atoms with van der Waals surface area (Å²) in [5, 5.41) is 0.00769. The molecule has 0 aromatic heterocycles. The fraction of sp³-hybridized carbons (Fsp3) is 0.214. The summed E-state index contributed by atoms with van der Waals surface area (Å²) < 4.78 is 17.1. The van der Waals surface area contributed by atoms with Gasteiger partial charge in [0, 0.05) is 0 Å². The second-order valence-corrected chi connectivity index (χ2v) is 9.70. The maximum atomic E-state index is 12.9. The van der Waals surface area contributed by atoms with Crippen LogP contribution in [0.15, 0.2) is 65.6 Å². The molecule has 6 nitrogen and oxygen atoms in total. The molecule has 0 N–H and O–H groups in total. The summed E-state index contributed by atoms with van der Waals surface area (Å²) in [6.07, 6.45) is 1.63. The van der Waals surface area contributed by atoms with Gasteiger partial charge in [-0.3, -0.25) is 14.5 Å². The number of aryl methyl sites for hydroxylation is 2. The van der Waals surface area contributed by atoms with Crippen molar-refractivity contribution >= 4 is 40.6 Å². The first kappa shape index (κ1) is 25.7. The van der Waals surface area contributed by atoms with E-state index in [1.807, 2.05) is 62.4 Å². The molecular weight excluding hydrogens is 498 g/mol. The normalized spacial score (nSPS) is 14.4. The lowest BCUT2D eigenvalue weighted by Crippen LogP contribution is -2.32. The van der Waals surface area contributed by atoms with Crippen molar-refractivity contribution in [3.8, 4) is 17.2 Å². The van der Waals surface area contributed by atoms with E-state index in [2.05, 4.69) is 0 Å². The lowest BCUT2D eigenvalue weighted by Gasteiger charge is -2.14. The predicted molar refractivity (Wildman–Crippen MR) is 143 cm³/mol. The van der Waals surface area contributed by atoms with Crippen molar-refractivity contribution in [2.75, 3.05) is 20.3 Å². The van der Waals surface area contributed by atoms with Crippen LogP contribution in [0.2, 0.25) is 5.02 Å². The zero-order valence-corrected chi connectivity index (χ0v) is 21.8. The highest BCUT2D eigenvalue weighted by molar-refractivity contribution is 8.18. The number of nitrogens with zero attached hydrogens (tertiary/aromatic N) is 1. The second-order valence-electron chi connectivity index (χ2n) is 8.30. The number of rotatable bonds is 9. The first-order valence-corrected chi connectivity index (χ1v) is 12.5. The number of carbonyl (C=O) groups excluding carboxylic acids is 2. The van der Waals surface area contributed by atoms with Crippen LogP contribution in [0.1, 0.15) is 22.3 Å². The van der Waals surface area contributed by atoms with E-state index in [1.54, 1.807) is 18.2 Å². The molecule has 0 aliphatic carbocycles. The van der Waals surface area contributed by atoms with E-state index in [-0.39, 0.29) is 24.3 Å². The summed E-state index contributed by atoms with van der Waals surface area (Å²) >= 11 is 7.39. The van der Waals surface area contributed by atoms with Gasteiger partial charge in [-0.15, -0.1) is 0 Å². The van der Waals surface area contributed by atoms with Gasteiger partial charge in [0.15, 0.2) is 11.5 Å². The largest absolute Gasteiger partial charge is 0.493 e.